The Kier molecular flexibility index (Phi) is 6.34. The summed E-state index contributed by atoms with van der Waals surface area (Å²) in [4.78, 5) is 4.58. The number of hydrogen-bond donors (Lipinski definition) is 1. The van der Waals surface area contributed by atoms with E-state index in [4.69, 9.17) is 4.74 Å². The first-order valence-electron chi connectivity index (χ1n) is 9.04. The number of nitrogens with one attached hydrogen (secondary N) is 1. The van der Waals surface area contributed by atoms with Gasteiger partial charge in [0.05, 0.1) is 11.9 Å². The van der Waals surface area contributed by atoms with Gasteiger partial charge in [0.15, 0.2) is 0 Å². The van der Waals surface area contributed by atoms with Crippen molar-refractivity contribution in [2.24, 2.45) is 5.10 Å². The fraction of sp³-hybridized carbons (Fsp3) is 0.0435. The van der Waals surface area contributed by atoms with E-state index in [1.54, 1.807) is 6.21 Å². The van der Waals surface area contributed by atoms with Gasteiger partial charge < -0.3 is 4.74 Å². The van der Waals surface area contributed by atoms with Crippen LogP contribution in [0.15, 0.2) is 93.8 Å². The number of aromatic nitrogens is 1. The number of thiazole rings is 1. The van der Waals surface area contributed by atoms with E-state index in [0.29, 0.717) is 6.61 Å². The van der Waals surface area contributed by atoms with Crippen molar-refractivity contribution in [1.29, 1.82) is 0 Å². The normalized spacial score (nSPS) is 10.9. The maximum Gasteiger partial charge on any atom is 0.203 e. The minimum Gasteiger partial charge on any atom is -0.488 e. The molecule has 144 valence electrons. The molecule has 0 bridgehead atoms. The van der Waals surface area contributed by atoms with E-state index in [1.165, 1.54) is 11.3 Å². The van der Waals surface area contributed by atoms with Crippen LogP contribution in [0.4, 0.5) is 5.13 Å². The summed E-state index contributed by atoms with van der Waals surface area (Å²) in [6, 6.07) is 26.0. The Labute approximate surface area is 182 Å². The molecule has 0 saturated heterocycles. The van der Waals surface area contributed by atoms with Crippen LogP contribution in [-0.4, -0.2) is 11.2 Å². The van der Waals surface area contributed by atoms with Crippen LogP contribution in [0.25, 0.3) is 11.3 Å². The molecule has 0 aliphatic rings. The van der Waals surface area contributed by atoms with Gasteiger partial charge in [-0.2, -0.15) is 5.10 Å². The first kappa shape index (κ1) is 19.4. The second-order valence-corrected chi connectivity index (χ2v) is 8.00. The molecule has 29 heavy (non-hydrogen) atoms. The zero-order chi connectivity index (χ0) is 19.9. The monoisotopic (exact) mass is 463 g/mol. The molecule has 0 fully saturated rings. The topological polar surface area (TPSA) is 46.5 Å². The average molecular weight is 464 g/mol. The summed E-state index contributed by atoms with van der Waals surface area (Å²) in [5.41, 5.74) is 7.03. The maximum atomic E-state index is 6.01. The Morgan fingerprint density at radius 2 is 1.76 bits per heavy atom. The molecule has 1 heterocycles. The SMILES string of the molecule is Brc1ccc(C=NNc2nc(-c3ccccc3)cs2)c(OCc2ccccc2)c1. The summed E-state index contributed by atoms with van der Waals surface area (Å²) in [6.07, 6.45) is 1.75. The molecule has 0 aliphatic carbocycles. The molecule has 4 nitrogen and oxygen atoms in total. The van der Waals surface area contributed by atoms with E-state index in [9.17, 15) is 0 Å². The van der Waals surface area contributed by atoms with Crippen LogP contribution < -0.4 is 10.2 Å². The third kappa shape index (κ3) is 5.31. The maximum absolute atomic E-state index is 6.01. The molecule has 0 aliphatic heterocycles. The lowest BCUT2D eigenvalue weighted by Gasteiger charge is -2.09. The summed E-state index contributed by atoms with van der Waals surface area (Å²) in [6.45, 7) is 0.498. The lowest BCUT2D eigenvalue weighted by Crippen LogP contribution is -1.99. The molecule has 4 aromatic rings. The van der Waals surface area contributed by atoms with Crippen LogP contribution in [0.5, 0.6) is 5.75 Å². The highest BCUT2D eigenvalue weighted by Gasteiger charge is 2.05. The molecule has 0 unspecified atom stereocenters. The zero-order valence-corrected chi connectivity index (χ0v) is 17.9. The number of ether oxygens (including phenoxy) is 1. The minimum atomic E-state index is 0.498. The number of anilines is 1. The summed E-state index contributed by atoms with van der Waals surface area (Å²) < 4.78 is 6.96. The smallest absolute Gasteiger partial charge is 0.203 e. The van der Waals surface area contributed by atoms with Crippen LogP contribution in [0, 0.1) is 0 Å². The van der Waals surface area contributed by atoms with Crippen molar-refractivity contribution in [2.45, 2.75) is 6.61 Å². The van der Waals surface area contributed by atoms with Crippen LogP contribution in [0.2, 0.25) is 0 Å². The fourth-order valence-corrected chi connectivity index (χ4v) is 3.71. The van der Waals surface area contributed by atoms with Gasteiger partial charge in [0.1, 0.15) is 12.4 Å². The number of hydrogen-bond acceptors (Lipinski definition) is 5. The van der Waals surface area contributed by atoms with Gasteiger partial charge in [0.2, 0.25) is 5.13 Å². The van der Waals surface area contributed by atoms with Gasteiger partial charge >= 0.3 is 0 Å². The molecule has 3 aromatic carbocycles. The van der Waals surface area contributed by atoms with Crippen molar-refractivity contribution in [3.8, 4) is 17.0 Å². The highest BCUT2D eigenvalue weighted by atomic mass is 79.9. The Balaban J connectivity index is 1.44. The average Bonchev–Trinajstić information content (AvgIpc) is 3.24. The molecule has 1 aromatic heterocycles. The van der Waals surface area contributed by atoms with Crippen molar-refractivity contribution < 1.29 is 4.74 Å². The van der Waals surface area contributed by atoms with Crippen molar-refractivity contribution >= 4 is 38.6 Å². The highest BCUT2D eigenvalue weighted by Crippen LogP contribution is 2.26. The quantitative estimate of drug-likeness (QED) is 0.248. The Bertz CT molecular complexity index is 1100. The Morgan fingerprint density at radius 3 is 2.55 bits per heavy atom. The van der Waals surface area contributed by atoms with Gasteiger partial charge in [-0.3, -0.25) is 5.43 Å². The third-order valence-electron chi connectivity index (χ3n) is 4.15. The Hall–Kier alpha value is -2.96. The predicted octanol–water partition coefficient (Wildman–Crippen LogP) is 6.60. The molecule has 4 rings (SSSR count). The largest absolute Gasteiger partial charge is 0.488 e. The molecule has 0 atom stereocenters. The minimum absolute atomic E-state index is 0.498. The summed E-state index contributed by atoms with van der Waals surface area (Å²) in [5, 5.41) is 7.10. The van der Waals surface area contributed by atoms with Crippen molar-refractivity contribution in [3.63, 3.8) is 0 Å². The molecule has 1 N–H and O–H groups in total. The summed E-state index contributed by atoms with van der Waals surface area (Å²) in [7, 11) is 0. The number of halogens is 1. The molecule has 0 radical (unpaired) electrons. The van der Waals surface area contributed by atoms with Crippen LogP contribution in [0.3, 0.4) is 0 Å². The summed E-state index contributed by atoms with van der Waals surface area (Å²) in [5.74, 6) is 0.762. The van der Waals surface area contributed by atoms with E-state index in [1.807, 2.05) is 84.2 Å². The lowest BCUT2D eigenvalue weighted by molar-refractivity contribution is 0.305. The second kappa shape index (κ2) is 9.49. The van der Waals surface area contributed by atoms with E-state index < -0.39 is 0 Å². The van der Waals surface area contributed by atoms with Crippen LogP contribution in [0.1, 0.15) is 11.1 Å². The molecule has 0 amide bonds. The number of hydrazone groups is 1. The standard InChI is InChI=1S/C23H18BrN3OS/c24-20-12-11-19(22(13-20)28-15-17-7-3-1-4-8-17)14-25-27-23-26-21(16-29-23)18-9-5-2-6-10-18/h1-14,16H,15H2,(H,26,27). The molecule has 6 heteroatoms. The molecule has 0 saturated carbocycles. The highest BCUT2D eigenvalue weighted by molar-refractivity contribution is 9.10. The van der Waals surface area contributed by atoms with Gasteiger partial charge in [-0.1, -0.05) is 76.6 Å². The molecular formula is C23H18BrN3OS. The third-order valence-corrected chi connectivity index (χ3v) is 5.39. The van der Waals surface area contributed by atoms with E-state index in [2.05, 4.69) is 31.4 Å². The fourth-order valence-electron chi connectivity index (χ4n) is 2.70. The number of nitrogens with zero attached hydrogens (tertiary/aromatic N) is 2. The van der Waals surface area contributed by atoms with Crippen molar-refractivity contribution in [2.75, 3.05) is 5.43 Å². The number of rotatable bonds is 7. The summed E-state index contributed by atoms with van der Waals surface area (Å²) >= 11 is 5.02. The van der Waals surface area contributed by atoms with Crippen molar-refractivity contribution in [3.05, 3.63) is 99.8 Å². The van der Waals surface area contributed by atoms with Gasteiger partial charge in [-0.15, -0.1) is 11.3 Å². The molecular weight excluding hydrogens is 446 g/mol. The van der Waals surface area contributed by atoms with E-state index in [-0.39, 0.29) is 0 Å². The first-order chi connectivity index (χ1) is 14.3. The van der Waals surface area contributed by atoms with Gasteiger partial charge in [0.25, 0.3) is 0 Å². The molecule has 0 spiro atoms. The predicted molar refractivity (Wildman–Crippen MR) is 124 cm³/mol. The van der Waals surface area contributed by atoms with Gasteiger partial charge in [-0.05, 0) is 23.8 Å². The van der Waals surface area contributed by atoms with Crippen LogP contribution >= 0.6 is 27.3 Å². The van der Waals surface area contributed by atoms with E-state index >= 15 is 0 Å². The van der Waals surface area contributed by atoms with E-state index in [0.717, 1.165) is 37.7 Å². The first-order valence-corrected chi connectivity index (χ1v) is 10.7. The second-order valence-electron chi connectivity index (χ2n) is 6.23. The zero-order valence-electron chi connectivity index (χ0n) is 15.5. The number of benzene rings is 3. The van der Waals surface area contributed by atoms with Gasteiger partial charge in [-0.25, -0.2) is 4.98 Å². The van der Waals surface area contributed by atoms with Crippen molar-refractivity contribution in [1.82, 2.24) is 4.98 Å². The van der Waals surface area contributed by atoms with Gasteiger partial charge in [0, 0.05) is 21.0 Å². The Morgan fingerprint density at radius 1 is 1.00 bits per heavy atom. The van der Waals surface area contributed by atoms with Crippen LogP contribution in [-0.2, 0) is 6.61 Å². The lowest BCUT2D eigenvalue weighted by atomic mass is 10.2.